The molecule has 0 fully saturated rings. The number of hydrogen-bond donors (Lipinski definition) is 0. The Hall–Kier alpha value is -2.24. The van der Waals surface area contributed by atoms with E-state index >= 15 is 0 Å². The number of hydrogen-bond acceptors (Lipinski definition) is 5. The second-order valence-corrected chi connectivity index (χ2v) is 6.16. The zero-order valence-corrected chi connectivity index (χ0v) is 12.4. The molecule has 21 heavy (non-hydrogen) atoms. The van der Waals surface area contributed by atoms with Gasteiger partial charge in [-0.15, -0.1) is 11.3 Å². The standard InChI is InChI=1S/C16H9NO2S2/c18-16-12(7-10-3-1-2-4-13(10)19-16)15-14(17-9-21-15)11-5-6-20-8-11/h1-9H. The van der Waals surface area contributed by atoms with Crippen molar-refractivity contribution >= 4 is 33.6 Å². The molecule has 0 spiro atoms. The minimum absolute atomic E-state index is 0.325. The van der Waals surface area contributed by atoms with Gasteiger partial charge in [-0.2, -0.15) is 11.3 Å². The van der Waals surface area contributed by atoms with Crippen molar-refractivity contribution in [3.8, 4) is 21.7 Å². The molecule has 0 aliphatic heterocycles. The van der Waals surface area contributed by atoms with Crippen LogP contribution < -0.4 is 5.63 Å². The van der Waals surface area contributed by atoms with Crippen LogP contribution in [0.3, 0.4) is 0 Å². The molecule has 0 amide bonds. The van der Waals surface area contributed by atoms with Crippen LogP contribution in [0.15, 0.2) is 61.9 Å². The van der Waals surface area contributed by atoms with Gasteiger partial charge in [0.2, 0.25) is 0 Å². The number of para-hydroxylation sites is 1. The summed E-state index contributed by atoms with van der Waals surface area (Å²) >= 11 is 3.07. The minimum atomic E-state index is -0.325. The summed E-state index contributed by atoms with van der Waals surface area (Å²) in [6.45, 7) is 0. The molecule has 0 aliphatic carbocycles. The maximum absolute atomic E-state index is 12.3. The summed E-state index contributed by atoms with van der Waals surface area (Å²) in [4.78, 5) is 17.5. The van der Waals surface area contributed by atoms with Crippen molar-refractivity contribution in [1.82, 2.24) is 4.98 Å². The second-order valence-electron chi connectivity index (χ2n) is 4.53. The molecule has 102 valence electrons. The van der Waals surface area contributed by atoms with Crippen molar-refractivity contribution in [3.05, 3.63) is 63.1 Å². The Morgan fingerprint density at radius 3 is 2.90 bits per heavy atom. The molecular formula is C16H9NO2S2. The van der Waals surface area contributed by atoms with Crippen LogP contribution in [0.5, 0.6) is 0 Å². The molecule has 5 heteroatoms. The highest BCUT2D eigenvalue weighted by Crippen LogP contribution is 2.34. The van der Waals surface area contributed by atoms with Crippen molar-refractivity contribution < 1.29 is 4.42 Å². The number of thiazole rings is 1. The molecule has 0 unspecified atom stereocenters. The van der Waals surface area contributed by atoms with Gasteiger partial charge in [0.25, 0.3) is 0 Å². The summed E-state index contributed by atoms with van der Waals surface area (Å²) in [5.74, 6) is 0. The molecular weight excluding hydrogens is 302 g/mol. The third-order valence-electron chi connectivity index (χ3n) is 3.25. The van der Waals surface area contributed by atoms with Gasteiger partial charge in [-0.25, -0.2) is 9.78 Å². The Labute approximate surface area is 128 Å². The van der Waals surface area contributed by atoms with E-state index in [0.29, 0.717) is 11.1 Å². The highest BCUT2D eigenvalue weighted by molar-refractivity contribution is 7.14. The monoisotopic (exact) mass is 311 g/mol. The van der Waals surface area contributed by atoms with Gasteiger partial charge in [0.05, 0.1) is 21.6 Å². The Kier molecular flexibility index (Phi) is 2.94. The van der Waals surface area contributed by atoms with Crippen molar-refractivity contribution in [3.63, 3.8) is 0 Å². The first-order valence-electron chi connectivity index (χ1n) is 6.32. The molecule has 0 saturated carbocycles. The largest absolute Gasteiger partial charge is 0.422 e. The first kappa shape index (κ1) is 12.5. The number of rotatable bonds is 2. The Balaban J connectivity index is 1.98. The molecule has 0 saturated heterocycles. The normalized spacial score (nSPS) is 11.0. The predicted octanol–water partition coefficient (Wildman–Crippen LogP) is 4.65. The smallest absolute Gasteiger partial charge is 0.345 e. The summed E-state index contributed by atoms with van der Waals surface area (Å²) < 4.78 is 5.41. The van der Waals surface area contributed by atoms with E-state index in [1.165, 1.54) is 11.3 Å². The number of benzene rings is 1. The van der Waals surface area contributed by atoms with E-state index in [4.69, 9.17) is 4.42 Å². The lowest BCUT2D eigenvalue weighted by Gasteiger charge is -2.02. The summed E-state index contributed by atoms with van der Waals surface area (Å²) in [6, 6.07) is 11.4. The molecule has 0 N–H and O–H groups in total. The average Bonchev–Trinajstić information content (AvgIpc) is 3.17. The Morgan fingerprint density at radius 2 is 2.05 bits per heavy atom. The first-order chi connectivity index (χ1) is 10.3. The van der Waals surface area contributed by atoms with E-state index in [1.807, 2.05) is 41.1 Å². The fourth-order valence-electron chi connectivity index (χ4n) is 2.26. The van der Waals surface area contributed by atoms with Gasteiger partial charge < -0.3 is 4.42 Å². The zero-order chi connectivity index (χ0) is 14.2. The molecule has 3 aromatic heterocycles. The molecule has 0 bridgehead atoms. The van der Waals surface area contributed by atoms with Crippen molar-refractivity contribution in [2.45, 2.75) is 0 Å². The average molecular weight is 311 g/mol. The summed E-state index contributed by atoms with van der Waals surface area (Å²) in [6.07, 6.45) is 0. The zero-order valence-electron chi connectivity index (χ0n) is 10.8. The fraction of sp³-hybridized carbons (Fsp3) is 0. The first-order valence-corrected chi connectivity index (χ1v) is 8.14. The van der Waals surface area contributed by atoms with Gasteiger partial charge in [-0.3, -0.25) is 0 Å². The van der Waals surface area contributed by atoms with E-state index in [-0.39, 0.29) is 5.63 Å². The molecule has 1 aromatic carbocycles. The van der Waals surface area contributed by atoms with Crippen LogP contribution in [0.2, 0.25) is 0 Å². The van der Waals surface area contributed by atoms with Gasteiger partial charge in [0.1, 0.15) is 5.58 Å². The molecule has 4 aromatic rings. The highest BCUT2D eigenvalue weighted by Gasteiger charge is 2.16. The highest BCUT2D eigenvalue weighted by atomic mass is 32.1. The van der Waals surface area contributed by atoms with E-state index in [2.05, 4.69) is 4.98 Å². The summed E-state index contributed by atoms with van der Waals surface area (Å²) in [5.41, 5.74) is 4.48. The van der Waals surface area contributed by atoms with E-state index in [9.17, 15) is 4.79 Å². The minimum Gasteiger partial charge on any atom is -0.422 e. The molecule has 0 radical (unpaired) electrons. The van der Waals surface area contributed by atoms with Crippen LogP contribution in [0.4, 0.5) is 0 Å². The second kappa shape index (κ2) is 4.95. The van der Waals surface area contributed by atoms with Gasteiger partial charge in [0.15, 0.2) is 0 Å². The maximum atomic E-state index is 12.3. The molecule has 0 atom stereocenters. The number of aromatic nitrogens is 1. The Morgan fingerprint density at radius 1 is 1.14 bits per heavy atom. The van der Waals surface area contributed by atoms with E-state index < -0.39 is 0 Å². The SMILES string of the molecule is O=c1oc2ccccc2cc1-c1scnc1-c1ccsc1. The lowest BCUT2D eigenvalue weighted by Crippen LogP contribution is -2.02. The number of fused-ring (bicyclic) bond motifs is 1. The fourth-order valence-corrected chi connectivity index (χ4v) is 3.72. The molecule has 3 nitrogen and oxygen atoms in total. The topological polar surface area (TPSA) is 43.1 Å². The molecule has 3 heterocycles. The number of nitrogens with zero attached hydrogens (tertiary/aromatic N) is 1. The summed E-state index contributed by atoms with van der Waals surface area (Å²) in [7, 11) is 0. The molecule has 4 rings (SSSR count). The van der Waals surface area contributed by atoms with Crippen LogP contribution >= 0.6 is 22.7 Å². The third kappa shape index (κ3) is 2.11. The van der Waals surface area contributed by atoms with Crippen LogP contribution in [0.1, 0.15) is 0 Å². The van der Waals surface area contributed by atoms with E-state index in [1.54, 1.807) is 22.9 Å². The third-order valence-corrected chi connectivity index (χ3v) is 4.79. The molecule has 0 aliphatic rings. The lowest BCUT2D eigenvalue weighted by molar-refractivity contribution is 0.564. The van der Waals surface area contributed by atoms with Crippen molar-refractivity contribution in [1.29, 1.82) is 0 Å². The predicted molar refractivity (Wildman–Crippen MR) is 86.9 cm³/mol. The van der Waals surface area contributed by atoms with Crippen LogP contribution in [0, 0.1) is 0 Å². The quantitative estimate of drug-likeness (QED) is 0.506. The van der Waals surface area contributed by atoms with Crippen molar-refractivity contribution in [2.24, 2.45) is 0 Å². The van der Waals surface area contributed by atoms with E-state index in [0.717, 1.165) is 21.5 Å². The number of thiophene rings is 1. The van der Waals surface area contributed by atoms with Crippen LogP contribution in [-0.4, -0.2) is 4.98 Å². The van der Waals surface area contributed by atoms with Gasteiger partial charge >= 0.3 is 5.63 Å². The Bertz CT molecular complexity index is 967. The maximum Gasteiger partial charge on any atom is 0.345 e. The van der Waals surface area contributed by atoms with Crippen LogP contribution in [0.25, 0.3) is 32.7 Å². The van der Waals surface area contributed by atoms with Crippen molar-refractivity contribution in [2.75, 3.05) is 0 Å². The van der Waals surface area contributed by atoms with Gasteiger partial charge in [-0.05, 0) is 23.6 Å². The summed E-state index contributed by atoms with van der Waals surface area (Å²) in [5, 5.41) is 4.94. The van der Waals surface area contributed by atoms with Gasteiger partial charge in [0, 0.05) is 16.3 Å². The lowest BCUT2D eigenvalue weighted by atomic mass is 10.1. The van der Waals surface area contributed by atoms with Gasteiger partial charge in [-0.1, -0.05) is 18.2 Å². The van der Waals surface area contributed by atoms with Crippen LogP contribution in [-0.2, 0) is 0 Å².